The van der Waals surface area contributed by atoms with Crippen LogP contribution in [0.25, 0.3) is 0 Å². The van der Waals surface area contributed by atoms with Gasteiger partial charge < -0.3 is 10.4 Å². The van der Waals surface area contributed by atoms with Gasteiger partial charge in [-0.25, -0.2) is 4.39 Å². The van der Waals surface area contributed by atoms with Crippen LogP contribution in [0.5, 0.6) is 0 Å². The van der Waals surface area contributed by atoms with E-state index in [2.05, 4.69) is 5.32 Å². The van der Waals surface area contributed by atoms with Crippen molar-refractivity contribution in [3.05, 3.63) is 34.6 Å². The van der Waals surface area contributed by atoms with E-state index in [0.29, 0.717) is 17.7 Å². The summed E-state index contributed by atoms with van der Waals surface area (Å²) in [6.07, 6.45) is -0.370. The van der Waals surface area contributed by atoms with Crippen LogP contribution >= 0.6 is 0 Å². The molecule has 2 N–H and O–H groups in total. The van der Waals surface area contributed by atoms with E-state index in [1.165, 1.54) is 0 Å². The molecule has 2 atom stereocenters. The normalized spacial score (nSPS) is 14.9. The second-order valence-electron chi connectivity index (χ2n) is 4.45. The number of aryl methyl sites for hydroxylation is 2. The largest absolute Gasteiger partial charge is 0.392 e. The fourth-order valence-corrected chi connectivity index (χ4v) is 1.69. The molecule has 1 aromatic rings. The van der Waals surface area contributed by atoms with Gasteiger partial charge in [0.15, 0.2) is 0 Å². The topological polar surface area (TPSA) is 32.3 Å². The predicted octanol–water partition coefficient (Wildman–Crippen LogP) is 2.47. The lowest BCUT2D eigenvalue weighted by Gasteiger charge is -2.17. The minimum Gasteiger partial charge on any atom is -0.392 e. The van der Waals surface area contributed by atoms with Gasteiger partial charge in [-0.2, -0.15) is 0 Å². The molecule has 0 bridgehead atoms. The van der Waals surface area contributed by atoms with E-state index in [-0.39, 0.29) is 18.0 Å². The van der Waals surface area contributed by atoms with Crippen molar-refractivity contribution >= 4 is 0 Å². The van der Waals surface area contributed by atoms with Gasteiger partial charge in [0.05, 0.1) is 6.10 Å². The van der Waals surface area contributed by atoms with E-state index in [4.69, 9.17) is 0 Å². The Morgan fingerprint density at radius 2 is 1.75 bits per heavy atom. The van der Waals surface area contributed by atoms with Crippen molar-refractivity contribution in [3.8, 4) is 0 Å². The Kier molecular flexibility index (Phi) is 4.44. The minimum atomic E-state index is -0.370. The van der Waals surface area contributed by atoms with Gasteiger partial charge in [-0.3, -0.25) is 0 Å². The number of hydrogen-bond acceptors (Lipinski definition) is 2. The molecule has 0 aromatic heterocycles. The van der Waals surface area contributed by atoms with Crippen LogP contribution in [0, 0.1) is 19.7 Å². The van der Waals surface area contributed by atoms with Gasteiger partial charge in [0.1, 0.15) is 5.82 Å². The highest BCUT2D eigenvalue weighted by Crippen LogP contribution is 2.19. The Hall–Kier alpha value is -0.930. The van der Waals surface area contributed by atoms with Crippen LogP contribution in [0.1, 0.15) is 36.6 Å². The molecule has 0 spiro atoms. The molecule has 0 fully saturated rings. The van der Waals surface area contributed by atoms with Crippen molar-refractivity contribution in [2.45, 2.75) is 39.8 Å². The van der Waals surface area contributed by atoms with Crippen molar-refractivity contribution in [2.24, 2.45) is 0 Å². The van der Waals surface area contributed by atoms with Crippen LogP contribution < -0.4 is 5.32 Å². The summed E-state index contributed by atoms with van der Waals surface area (Å²) in [5.74, 6) is -0.133. The van der Waals surface area contributed by atoms with Crippen LogP contribution in [-0.2, 0) is 0 Å². The summed E-state index contributed by atoms with van der Waals surface area (Å²) in [5.41, 5.74) is 2.39. The smallest absolute Gasteiger partial charge is 0.129 e. The summed E-state index contributed by atoms with van der Waals surface area (Å²) in [5, 5.41) is 12.4. The van der Waals surface area contributed by atoms with Crippen molar-refractivity contribution in [2.75, 3.05) is 6.54 Å². The predicted molar refractivity (Wildman–Crippen MR) is 64.0 cm³/mol. The van der Waals surface area contributed by atoms with Crippen molar-refractivity contribution in [1.82, 2.24) is 5.32 Å². The van der Waals surface area contributed by atoms with Crippen LogP contribution in [0.15, 0.2) is 12.1 Å². The quantitative estimate of drug-likeness (QED) is 0.825. The Bertz CT molecular complexity index is 340. The third-order valence-electron chi connectivity index (χ3n) is 2.68. The molecule has 3 heteroatoms. The number of nitrogens with one attached hydrogen (secondary N) is 1. The van der Waals surface area contributed by atoms with Gasteiger partial charge in [-0.1, -0.05) is 12.1 Å². The van der Waals surface area contributed by atoms with Gasteiger partial charge in [0, 0.05) is 12.6 Å². The summed E-state index contributed by atoms with van der Waals surface area (Å²) >= 11 is 0. The maximum atomic E-state index is 13.4. The number of aliphatic hydroxyl groups excluding tert-OH is 1. The molecule has 2 nitrogen and oxygen atoms in total. The average Bonchev–Trinajstić information content (AvgIpc) is 2.21. The maximum absolute atomic E-state index is 13.4. The van der Waals surface area contributed by atoms with Crippen LogP contribution in [0.3, 0.4) is 0 Å². The number of halogens is 1. The molecule has 0 aliphatic heterocycles. The Balaban J connectivity index is 2.80. The molecule has 90 valence electrons. The Morgan fingerprint density at radius 3 is 2.19 bits per heavy atom. The fourth-order valence-electron chi connectivity index (χ4n) is 1.69. The lowest BCUT2D eigenvalue weighted by molar-refractivity contribution is 0.187. The molecule has 0 radical (unpaired) electrons. The van der Waals surface area contributed by atoms with E-state index in [1.807, 2.05) is 19.1 Å². The lowest BCUT2D eigenvalue weighted by atomic mass is 10.0. The summed E-state index contributed by atoms with van der Waals surface area (Å²) < 4.78 is 13.4. The summed E-state index contributed by atoms with van der Waals surface area (Å²) in [4.78, 5) is 0. The third-order valence-corrected chi connectivity index (χ3v) is 2.68. The first-order valence-corrected chi connectivity index (χ1v) is 5.60. The summed E-state index contributed by atoms with van der Waals surface area (Å²) in [6.45, 7) is 7.83. The molecule has 0 heterocycles. The van der Waals surface area contributed by atoms with E-state index in [0.717, 1.165) is 5.56 Å². The molecule has 0 saturated carbocycles. The highest BCUT2D eigenvalue weighted by molar-refractivity contribution is 5.32. The van der Waals surface area contributed by atoms with Crippen LogP contribution in [-0.4, -0.2) is 17.8 Å². The zero-order valence-corrected chi connectivity index (χ0v) is 10.3. The first-order valence-electron chi connectivity index (χ1n) is 5.60. The second kappa shape index (κ2) is 5.41. The third kappa shape index (κ3) is 3.29. The Labute approximate surface area is 96.5 Å². The first-order chi connectivity index (χ1) is 7.41. The molecule has 1 rings (SSSR count). The SMILES string of the molecule is Cc1cc(C(C)NC[C@H](C)O)cc(C)c1F. The second-order valence-corrected chi connectivity index (χ2v) is 4.45. The number of hydrogen-bond donors (Lipinski definition) is 2. The summed E-state index contributed by atoms with van der Waals surface area (Å²) in [6, 6.07) is 3.82. The van der Waals surface area contributed by atoms with Crippen LogP contribution in [0.4, 0.5) is 4.39 Å². The van der Waals surface area contributed by atoms with Gasteiger partial charge in [-0.05, 0) is 44.4 Å². The number of aliphatic hydroxyl groups is 1. The highest BCUT2D eigenvalue weighted by atomic mass is 19.1. The van der Waals surface area contributed by atoms with Gasteiger partial charge in [0.2, 0.25) is 0 Å². The molecule has 0 aliphatic rings. The lowest BCUT2D eigenvalue weighted by Crippen LogP contribution is -2.27. The number of benzene rings is 1. The molecular weight excluding hydrogens is 205 g/mol. The molecule has 0 saturated heterocycles. The van der Waals surface area contributed by atoms with Crippen molar-refractivity contribution in [3.63, 3.8) is 0 Å². The molecule has 1 aromatic carbocycles. The zero-order valence-electron chi connectivity index (χ0n) is 10.3. The fraction of sp³-hybridized carbons (Fsp3) is 0.538. The van der Waals surface area contributed by atoms with E-state index >= 15 is 0 Å². The Morgan fingerprint density at radius 1 is 1.25 bits per heavy atom. The molecule has 16 heavy (non-hydrogen) atoms. The molecular formula is C13H20FNO. The standard InChI is InChI=1S/C13H20FNO/c1-8-5-12(6-9(2)13(8)14)11(4)15-7-10(3)16/h5-6,10-11,15-16H,7H2,1-4H3/t10-,11?/m0/s1. The van der Waals surface area contributed by atoms with E-state index < -0.39 is 0 Å². The highest BCUT2D eigenvalue weighted by Gasteiger charge is 2.10. The van der Waals surface area contributed by atoms with E-state index in [9.17, 15) is 9.50 Å². The molecule has 0 amide bonds. The minimum absolute atomic E-state index is 0.118. The number of rotatable bonds is 4. The maximum Gasteiger partial charge on any atom is 0.129 e. The average molecular weight is 225 g/mol. The molecule has 1 unspecified atom stereocenters. The summed E-state index contributed by atoms with van der Waals surface area (Å²) in [7, 11) is 0. The monoisotopic (exact) mass is 225 g/mol. The van der Waals surface area contributed by atoms with Gasteiger partial charge in [-0.15, -0.1) is 0 Å². The van der Waals surface area contributed by atoms with Crippen molar-refractivity contribution in [1.29, 1.82) is 0 Å². The van der Waals surface area contributed by atoms with E-state index in [1.54, 1.807) is 20.8 Å². The zero-order chi connectivity index (χ0) is 12.3. The van der Waals surface area contributed by atoms with Crippen LogP contribution in [0.2, 0.25) is 0 Å². The van der Waals surface area contributed by atoms with Crippen molar-refractivity contribution < 1.29 is 9.50 Å². The molecule has 0 aliphatic carbocycles. The first kappa shape index (κ1) is 13.1. The van der Waals surface area contributed by atoms with Gasteiger partial charge in [0.25, 0.3) is 0 Å². The van der Waals surface area contributed by atoms with Gasteiger partial charge >= 0.3 is 0 Å².